The van der Waals surface area contributed by atoms with Gasteiger partial charge in [0.2, 0.25) is 0 Å². The third kappa shape index (κ3) is 2.54. The Morgan fingerprint density at radius 2 is 1.40 bits per heavy atom. The van der Waals surface area contributed by atoms with Crippen LogP contribution in [-0.2, 0) is 0 Å². The van der Waals surface area contributed by atoms with Gasteiger partial charge in [-0.25, -0.2) is 0 Å². The van der Waals surface area contributed by atoms with Crippen molar-refractivity contribution in [3.05, 3.63) is 54.6 Å². The van der Waals surface area contributed by atoms with E-state index in [0.29, 0.717) is 5.88 Å². The number of benzene rings is 2. The second-order valence-corrected chi connectivity index (χ2v) is 3.59. The Morgan fingerprint density at radius 3 is 2.00 bits per heavy atom. The second kappa shape index (κ2) is 4.89. The van der Waals surface area contributed by atoms with Crippen molar-refractivity contribution in [2.24, 2.45) is 0 Å². The van der Waals surface area contributed by atoms with Gasteiger partial charge in [-0.2, -0.15) is 12.6 Å². The molecule has 2 heteroatoms. The molecule has 2 aromatic carbocycles. The smallest absolute Gasteiger partial charge is 0.0581 e. The van der Waals surface area contributed by atoms with E-state index in [4.69, 9.17) is 0 Å². The highest BCUT2D eigenvalue weighted by Crippen LogP contribution is 2.20. The van der Waals surface area contributed by atoms with E-state index in [1.807, 2.05) is 6.07 Å². The Balaban J connectivity index is 2.24. The number of nitrogens with one attached hydrogen (secondary N) is 1. The monoisotopic (exact) mass is 215 g/mol. The quantitative estimate of drug-likeness (QED) is 0.588. The maximum absolute atomic E-state index is 4.12. The summed E-state index contributed by atoms with van der Waals surface area (Å²) in [5, 5.41) is 3.15. The van der Waals surface area contributed by atoms with Crippen LogP contribution in [0.4, 0.5) is 5.69 Å². The van der Waals surface area contributed by atoms with Crippen LogP contribution in [0.25, 0.3) is 11.1 Å². The highest BCUT2D eigenvalue weighted by molar-refractivity contribution is 7.80. The maximum atomic E-state index is 4.12. The Bertz CT molecular complexity index is 408. The molecule has 0 aromatic heterocycles. The van der Waals surface area contributed by atoms with Gasteiger partial charge in [-0.15, -0.1) is 0 Å². The van der Waals surface area contributed by atoms with Crippen LogP contribution < -0.4 is 5.32 Å². The number of hydrogen-bond donors (Lipinski definition) is 2. The number of anilines is 1. The Kier molecular flexibility index (Phi) is 3.30. The summed E-state index contributed by atoms with van der Waals surface area (Å²) in [5.41, 5.74) is 3.58. The summed E-state index contributed by atoms with van der Waals surface area (Å²) in [6.07, 6.45) is 0. The van der Waals surface area contributed by atoms with Gasteiger partial charge in [0, 0.05) is 5.69 Å². The summed E-state index contributed by atoms with van der Waals surface area (Å²) in [6.45, 7) is 0. The lowest BCUT2D eigenvalue weighted by atomic mass is 10.1. The molecule has 0 aliphatic carbocycles. The van der Waals surface area contributed by atoms with Crippen molar-refractivity contribution in [1.29, 1.82) is 0 Å². The Hall–Kier alpha value is -1.41. The number of thiol groups is 1. The lowest BCUT2D eigenvalue weighted by molar-refractivity contribution is 1.47. The summed E-state index contributed by atoms with van der Waals surface area (Å²) in [4.78, 5) is 0. The van der Waals surface area contributed by atoms with E-state index in [9.17, 15) is 0 Å². The molecule has 0 radical (unpaired) electrons. The van der Waals surface area contributed by atoms with Crippen LogP contribution in [0.2, 0.25) is 0 Å². The van der Waals surface area contributed by atoms with Crippen LogP contribution in [0.1, 0.15) is 0 Å². The summed E-state index contributed by atoms with van der Waals surface area (Å²) >= 11 is 4.12. The van der Waals surface area contributed by atoms with E-state index in [1.54, 1.807) is 0 Å². The molecule has 15 heavy (non-hydrogen) atoms. The first-order chi connectivity index (χ1) is 7.40. The molecule has 0 saturated carbocycles. The molecule has 0 atom stereocenters. The number of rotatable bonds is 3. The van der Waals surface area contributed by atoms with Crippen LogP contribution in [0.15, 0.2) is 54.6 Å². The van der Waals surface area contributed by atoms with Gasteiger partial charge in [0.25, 0.3) is 0 Å². The molecule has 76 valence electrons. The minimum absolute atomic E-state index is 0.657. The normalized spacial score (nSPS) is 9.93. The molecule has 0 aliphatic rings. The molecule has 0 amide bonds. The summed E-state index contributed by atoms with van der Waals surface area (Å²) < 4.78 is 0. The van der Waals surface area contributed by atoms with Crippen molar-refractivity contribution in [3.63, 3.8) is 0 Å². The second-order valence-electron chi connectivity index (χ2n) is 3.28. The molecular weight excluding hydrogens is 202 g/mol. The highest BCUT2D eigenvalue weighted by atomic mass is 32.1. The van der Waals surface area contributed by atoms with Crippen molar-refractivity contribution in [3.8, 4) is 11.1 Å². The molecule has 1 N–H and O–H groups in total. The first-order valence-corrected chi connectivity index (χ1v) is 5.53. The molecule has 2 aromatic rings. The zero-order chi connectivity index (χ0) is 10.5. The summed E-state index contributed by atoms with van der Waals surface area (Å²) in [7, 11) is 0. The van der Waals surface area contributed by atoms with Gasteiger partial charge in [0.15, 0.2) is 0 Å². The lowest BCUT2D eigenvalue weighted by Gasteiger charge is -2.04. The van der Waals surface area contributed by atoms with Gasteiger partial charge in [0.05, 0.1) is 5.88 Å². The summed E-state index contributed by atoms with van der Waals surface area (Å²) in [6, 6.07) is 18.7. The molecule has 2 rings (SSSR count). The molecule has 1 nitrogen and oxygen atoms in total. The lowest BCUT2D eigenvalue weighted by Crippen LogP contribution is -1.93. The van der Waals surface area contributed by atoms with Crippen LogP contribution in [-0.4, -0.2) is 5.88 Å². The molecule has 0 aliphatic heterocycles. The average molecular weight is 215 g/mol. The van der Waals surface area contributed by atoms with E-state index in [-0.39, 0.29) is 0 Å². The molecule has 0 bridgehead atoms. The van der Waals surface area contributed by atoms with Gasteiger partial charge in [-0.1, -0.05) is 42.5 Å². The third-order valence-corrected chi connectivity index (χ3v) is 2.43. The Morgan fingerprint density at radius 1 is 0.800 bits per heavy atom. The number of hydrogen-bond acceptors (Lipinski definition) is 2. The highest BCUT2D eigenvalue weighted by Gasteiger charge is 1.95. The molecule has 0 saturated heterocycles. The largest absolute Gasteiger partial charge is 0.376 e. The molecule has 0 spiro atoms. The van der Waals surface area contributed by atoms with Crippen molar-refractivity contribution < 1.29 is 0 Å². The van der Waals surface area contributed by atoms with Crippen molar-refractivity contribution in [2.75, 3.05) is 11.2 Å². The SMILES string of the molecule is SCNc1ccc(-c2ccccc2)cc1. The van der Waals surface area contributed by atoms with Gasteiger partial charge in [-0.05, 0) is 23.3 Å². The van der Waals surface area contributed by atoms with Crippen LogP contribution in [0.3, 0.4) is 0 Å². The predicted molar refractivity (Wildman–Crippen MR) is 69.4 cm³/mol. The minimum atomic E-state index is 0.657. The minimum Gasteiger partial charge on any atom is -0.376 e. The molecule has 0 heterocycles. The maximum Gasteiger partial charge on any atom is 0.0581 e. The Labute approximate surface area is 95.6 Å². The zero-order valence-electron chi connectivity index (χ0n) is 8.35. The van der Waals surface area contributed by atoms with Crippen molar-refractivity contribution in [1.82, 2.24) is 0 Å². The first-order valence-electron chi connectivity index (χ1n) is 4.90. The van der Waals surface area contributed by atoms with Crippen molar-refractivity contribution in [2.45, 2.75) is 0 Å². The first kappa shape index (κ1) is 10.1. The fourth-order valence-electron chi connectivity index (χ4n) is 1.50. The zero-order valence-corrected chi connectivity index (χ0v) is 9.24. The fourth-order valence-corrected chi connectivity index (χ4v) is 1.68. The fraction of sp³-hybridized carbons (Fsp3) is 0.0769. The topological polar surface area (TPSA) is 12.0 Å². The van der Waals surface area contributed by atoms with Crippen LogP contribution in [0, 0.1) is 0 Å². The molecule has 0 fully saturated rings. The van der Waals surface area contributed by atoms with E-state index in [2.05, 4.69) is 66.5 Å². The summed E-state index contributed by atoms with van der Waals surface area (Å²) in [5.74, 6) is 0.657. The van der Waals surface area contributed by atoms with Gasteiger partial charge in [0.1, 0.15) is 0 Å². The molecular formula is C13H13NS. The van der Waals surface area contributed by atoms with E-state index in [0.717, 1.165) is 5.69 Å². The van der Waals surface area contributed by atoms with Gasteiger partial charge in [-0.3, -0.25) is 0 Å². The van der Waals surface area contributed by atoms with Gasteiger partial charge >= 0.3 is 0 Å². The standard InChI is InChI=1S/C13H13NS/c15-10-14-13-8-6-12(7-9-13)11-4-2-1-3-5-11/h1-9,14-15H,10H2. The van der Waals surface area contributed by atoms with Crippen molar-refractivity contribution >= 4 is 18.3 Å². The van der Waals surface area contributed by atoms with Crippen LogP contribution >= 0.6 is 12.6 Å². The van der Waals surface area contributed by atoms with Gasteiger partial charge < -0.3 is 5.32 Å². The van der Waals surface area contributed by atoms with E-state index >= 15 is 0 Å². The predicted octanol–water partition coefficient (Wildman–Crippen LogP) is 3.65. The third-order valence-electron chi connectivity index (χ3n) is 2.28. The van der Waals surface area contributed by atoms with Crippen LogP contribution in [0.5, 0.6) is 0 Å². The van der Waals surface area contributed by atoms with E-state index in [1.165, 1.54) is 11.1 Å². The van der Waals surface area contributed by atoms with E-state index < -0.39 is 0 Å². The molecule has 0 unspecified atom stereocenters. The average Bonchev–Trinajstić information content (AvgIpc) is 2.32.